The van der Waals surface area contributed by atoms with Gasteiger partial charge in [0, 0.05) is 12.6 Å². The average molecular weight is 393 g/mol. The van der Waals surface area contributed by atoms with E-state index in [9.17, 15) is 0 Å². The van der Waals surface area contributed by atoms with Crippen LogP contribution in [0.5, 0.6) is 5.88 Å². The maximum absolute atomic E-state index is 5.88. The van der Waals surface area contributed by atoms with Crippen LogP contribution in [0.3, 0.4) is 0 Å². The summed E-state index contributed by atoms with van der Waals surface area (Å²) in [5, 5.41) is 8.73. The molecule has 0 aliphatic heterocycles. The summed E-state index contributed by atoms with van der Waals surface area (Å²) in [4.78, 5) is 4.46. The van der Waals surface area contributed by atoms with Gasteiger partial charge < -0.3 is 10.1 Å². The van der Waals surface area contributed by atoms with Crippen molar-refractivity contribution in [2.45, 2.75) is 26.8 Å². The molecule has 0 aliphatic rings. The van der Waals surface area contributed by atoms with Gasteiger partial charge in [-0.2, -0.15) is 5.10 Å². The van der Waals surface area contributed by atoms with Crippen LogP contribution in [-0.4, -0.2) is 21.5 Å². The van der Waals surface area contributed by atoms with E-state index in [1.807, 2.05) is 36.4 Å². The molecule has 0 bridgehead atoms. The molecule has 1 N–H and O–H groups in total. The number of ether oxygens (including phenoxy) is 1. The monoisotopic (exact) mass is 392 g/mol. The molecule has 3 rings (SSSR count). The van der Waals surface area contributed by atoms with Crippen LogP contribution in [0.2, 0.25) is 0 Å². The first-order chi connectivity index (χ1) is 13.7. The Hall–Kier alpha value is -2.99. The molecule has 0 radical (unpaired) electrons. The highest BCUT2D eigenvalue weighted by Crippen LogP contribution is 2.14. The van der Waals surface area contributed by atoms with Gasteiger partial charge in [-0.3, -0.25) is 0 Å². The van der Waals surface area contributed by atoms with Crippen molar-refractivity contribution in [3.8, 4) is 11.6 Å². The summed E-state index contributed by atoms with van der Waals surface area (Å²) >= 11 is 5.36. The van der Waals surface area contributed by atoms with E-state index in [2.05, 4.69) is 53.5 Å². The Bertz CT molecular complexity index is 981. The molecule has 0 aliphatic carbocycles. The summed E-state index contributed by atoms with van der Waals surface area (Å²) in [5.41, 5.74) is 3.32. The number of hydrogen-bond acceptors (Lipinski definition) is 3. The van der Waals surface area contributed by atoms with Crippen molar-refractivity contribution < 1.29 is 4.74 Å². The number of aryl methyl sites for hydroxylation is 1. The molecular formula is C22H24N4OS. The van der Waals surface area contributed by atoms with E-state index in [-0.39, 0.29) is 0 Å². The smallest absolute Gasteiger partial charge is 0.217 e. The highest BCUT2D eigenvalue weighted by Gasteiger charge is 2.05. The van der Waals surface area contributed by atoms with Gasteiger partial charge in [-0.05, 0) is 43.3 Å². The Balaban J connectivity index is 1.78. The number of nitrogens with one attached hydrogen (secondary N) is 1. The topological polar surface area (TPSA) is 51.4 Å². The van der Waals surface area contributed by atoms with Crippen molar-refractivity contribution >= 4 is 17.3 Å². The lowest BCUT2D eigenvalue weighted by Crippen LogP contribution is -2.22. The second-order valence-electron chi connectivity index (χ2n) is 6.40. The van der Waals surface area contributed by atoms with Gasteiger partial charge in [0.25, 0.3) is 0 Å². The van der Waals surface area contributed by atoms with Crippen LogP contribution < -0.4 is 15.4 Å². The zero-order valence-corrected chi connectivity index (χ0v) is 16.9. The number of aromatic nitrogens is 2. The third-order valence-corrected chi connectivity index (χ3v) is 4.27. The first-order valence-electron chi connectivity index (χ1n) is 9.31. The standard InChI is InChI=1S/C22H24N4OS/c1-3-13-27-21-14-19(16-24-26(21)20-7-5-4-6-8-20)25-22(28)23-15-18-11-9-17(2)10-12-18/h4-12,14,16H,3,13,15H2,1-2H3,(H,23,28). The molecular weight excluding hydrogens is 368 g/mol. The third-order valence-electron chi connectivity index (χ3n) is 4.04. The van der Waals surface area contributed by atoms with Crippen LogP contribution in [0.15, 0.2) is 71.9 Å². The molecule has 0 amide bonds. The molecule has 0 atom stereocenters. The van der Waals surface area contributed by atoms with Crippen LogP contribution in [0.4, 0.5) is 0 Å². The molecule has 6 heteroatoms. The third kappa shape index (κ3) is 5.50. The van der Waals surface area contributed by atoms with Crippen molar-refractivity contribution in [2.24, 2.45) is 4.99 Å². The minimum Gasteiger partial charge on any atom is -0.478 e. The quantitative estimate of drug-likeness (QED) is 0.646. The second kappa shape index (κ2) is 9.80. The van der Waals surface area contributed by atoms with Gasteiger partial charge in [0.2, 0.25) is 5.88 Å². The maximum Gasteiger partial charge on any atom is 0.217 e. The fraction of sp³-hybridized carbons (Fsp3) is 0.227. The predicted molar refractivity (Wildman–Crippen MR) is 116 cm³/mol. The minimum atomic E-state index is 0.418. The second-order valence-corrected chi connectivity index (χ2v) is 6.79. The van der Waals surface area contributed by atoms with E-state index in [0.717, 1.165) is 17.7 Å². The van der Waals surface area contributed by atoms with Crippen molar-refractivity contribution in [1.82, 2.24) is 15.1 Å². The van der Waals surface area contributed by atoms with Gasteiger partial charge in [-0.15, -0.1) is 0 Å². The van der Waals surface area contributed by atoms with Crippen LogP contribution in [0, 0.1) is 6.92 Å². The van der Waals surface area contributed by atoms with E-state index in [1.54, 1.807) is 10.9 Å². The number of nitrogens with zero attached hydrogens (tertiary/aromatic N) is 3. The average Bonchev–Trinajstić information content (AvgIpc) is 2.72. The summed E-state index contributed by atoms with van der Waals surface area (Å²) < 4.78 is 7.64. The van der Waals surface area contributed by atoms with Crippen LogP contribution in [0.25, 0.3) is 5.69 Å². The van der Waals surface area contributed by atoms with Crippen molar-refractivity contribution in [3.05, 3.63) is 83.3 Å². The zero-order valence-electron chi connectivity index (χ0n) is 16.1. The Kier molecular flexibility index (Phi) is 6.92. The van der Waals surface area contributed by atoms with E-state index in [4.69, 9.17) is 17.0 Å². The molecule has 0 spiro atoms. The molecule has 0 fully saturated rings. The largest absolute Gasteiger partial charge is 0.478 e. The Morgan fingerprint density at radius 3 is 2.61 bits per heavy atom. The fourth-order valence-electron chi connectivity index (χ4n) is 2.57. The fourth-order valence-corrected chi connectivity index (χ4v) is 2.75. The van der Waals surface area contributed by atoms with Gasteiger partial charge >= 0.3 is 0 Å². The summed E-state index contributed by atoms with van der Waals surface area (Å²) in [7, 11) is 0. The van der Waals surface area contributed by atoms with Crippen LogP contribution >= 0.6 is 12.2 Å². The summed E-state index contributed by atoms with van der Waals surface area (Å²) in [5.74, 6) is 0.635. The minimum absolute atomic E-state index is 0.418. The SMILES string of the molecule is CCCOc1cc(=NC(=S)NCc2ccc(C)cc2)cnn1-c1ccccc1. The Morgan fingerprint density at radius 2 is 1.89 bits per heavy atom. The lowest BCUT2D eigenvalue weighted by molar-refractivity contribution is 0.291. The van der Waals surface area contributed by atoms with E-state index in [0.29, 0.717) is 29.5 Å². The molecule has 1 aromatic heterocycles. The summed E-state index contributed by atoms with van der Waals surface area (Å²) in [6, 6.07) is 20.0. The highest BCUT2D eigenvalue weighted by molar-refractivity contribution is 7.80. The summed E-state index contributed by atoms with van der Waals surface area (Å²) in [6.07, 6.45) is 2.60. The molecule has 0 saturated heterocycles. The van der Waals surface area contributed by atoms with Crippen molar-refractivity contribution in [3.63, 3.8) is 0 Å². The maximum atomic E-state index is 5.88. The molecule has 0 unspecified atom stereocenters. The highest BCUT2D eigenvalue weighted by atomic mass is 32.1. The van der Waals surface area contributed by atoms with Gasteiger partial charge in [0.05, 0.1) is 23.8 Å². The molecule has 0 saturated carbocycles. The Morgan fingerprint density at radius 1 is 1.14 bits per heavy atom. The molecule has 3 aromatic rings. The molecule has 1 heterocycles. The summed E-state index contributed by atoms with van der Waals surface area (Å²) in [6.45, 7) is 5.37. The van der Waals surface area contributed by atoms with Crippen LogP contribution in [0.1, 0.15) is 24.5 Å². The lowest BCUT2D eigenvalue weighted by atomic mass is 10.1. The first-order valence-corrected chi connectivity index (χ1v) is 9.72. The number of hydrogen-bond donors (Lipinski definition) is 1. The molecule has 2 aromatic carbocycles. The van der Waals surface area contributed by atoms with Gasteiger partial charge in [0.1, 0.15) is 0 Å². The predicted octanol–water partition coefficient (Wildman–Crippen LogP) is 3.94. The zero-order chi connectivity index (χ0) is 19.8. The van der Waals surface area contributed by atoms with E-state index >= 15 is 0 Å². The molecule has 144 valence electrons. The number of rotatable bonds is 6. The normalized spacial score (nSPS) is 11.3. The van der Waals surface area contributed by atoms with Gasteiger partial charge in [-0.1, -0.05) is 55.0 Å². The molecule has 5 nitrogen and oxygen atoms in total. The Labute approximate surface area is 170 Å². The first kappa shape index (κ1) is 19.8. The lowest BCUT2D eigenvalue weighted by Gasteiger charge is -2.12. The van der Waals surface area contributed by atoms with Gasteiger partial charge in [0.15, 0.2) is 5.11 Å². The number of benzene rings is 2. The van der Waals surface area contributed by atoms with E-state index in [1.165, 1.54) is 5.56 Å². The number of para-hydroxylation sites is 1. The van der Waals surface area contributed by atoms with Crippen molar-refractivity contribution in [2.75, 3.05) is 6.61 Å². The van der Waals surface area contributed by atoms with Crippen LogP contribution in [-0.2, 0) is 6.54 Å². The number of thiocarbonyl (C=S) groups is 1. The van der Waals surface area contributed by atoms with Gasteiger partial charge in [-0.25, -0.2) is 9.67 Å². The molecule has 28 heavy (non-hydrogen) atoms. The van der Waals surface area contributed by atoms with Crippen molar-refractivity contribution in [1.29, 1.82) is 0 Å². The van der Waals surface area contributed by atoms with E-state index < -0.39 is 0 Å².